The molecule has 0 aliphatic carbocycles. The Morgan fingerprint density at radius 3 is 2.50 bits per heavy atom. The molecule has 1 atom stereocenters. The second-order valence-electron chi connectivity index (χ2n) is 5.70. The topological polar surface area (TPSA) is 15.3 Å². The van der Waals surface area contributed by atoms with E-state index < -0.39 is 0 Å². The van der Waals surface area contributed by atoms with Crippen LogP contribution in [0.2, 0.25) is 0 Å². The van der Waals surface area contributed by atoms with Crippen LogP contribution in [0.4, 0.5) is 5.69 Å². The molecule has 3 rings (SSSR count). The fourth-order valence-electron chi connectivity index (χ4n) is 3.01. The molecule has 2 aromatic carbocycles. The molecular weight excluding hydrogens is 244 g/mol. The average molecular weight is 266 g/mol. The summed E-state index contributed by atoms with van der Waals surface area (Å²) >= 11 is 0. The van der Waals surface area contributed by atoms with Gasteiger partial charge in [0.2, 0.25) is 0 Å². The first-order chi connectivity index (χ1) is 9.76. The Kier molecular flexibility index (Phi) is 3.75. The summed E-state index contributed by atoms with van der Waals surface area (Å²) in [6.45, 7) is 2.40. The summed E-state index contributed by atoms with van der Waals surface area (Å²) in [7, 11) is 4.16. The molecule has 1 heterocycles. The maximum absolute atomic E-state index is 3.16. The zero-order chi connectivity index (χ0) is 13.9. The molecule has 2 aromatic rings. The van der Waals surface area contributed by atoms with E-state index in [0.717, 1.165) is 5.69 Å². The van der Waals surface area contributed by atoms with Crippen LogP contribution in [0.25, 0.3) is 11.1 Å². The molecule has 1 fully saturated rings. The largest absolute Gasteiger partial charge is 0.388 e. The van der Waals surface area contributed by atoms with Crippen LogP contribution in [0.15, 0.2) is 48.5 Å². The zero-order valence-corrected chi connectivity index (χ0v) is 12.3. The van der Waals surface area contributed by atoms with Crippen molar-refractivity contribution >= 4 is 5.69 Å². The Hall–Kier alpha value is -1.80. The minimum Gasteiger partial charge on any atom is -0.388 e. The van der Waals surface area contributed by atoms with E-state index in [4.69, 9.17) is 0 Å². The van der Waals surface area contributed by atoms with E-state index >= 15 is 0 Å². The van der Waals surface area contributed by atoms with Gasteiger partial charge in [0.15, 0.2) is 0 Å². The van der Waals surface area contributed by atoms with Crippen LogP contribution in [0.5, 0.6) is 0 Å². The van der Waals surface area contributed by atoms with Gasteiger partial charge in [0.05, 0.1) is 0 Å². The van der Waals surface area contributed by atoms with Crippen LogP contribution in [0.1, 0.15) is 17.9 Å². The van der Waals surface area contributed by atoms with Gasteiger partial charge in [0.1, 0.15) is 0 Å². The molecule has 1 aliphatic rings. The lowest BCUT2D eigenvalue weighted by atomic mass is 9.94. The summed E-state index contributed by atoms with van der Waals surface area (Å²) in [6.07, 6.45) is 1.28. The van der Waals surface area contributed by atoms with Crippen LogP contribution in [-0.4, -0.2) is 32.1 Å². The average Bonchev–Trinajstić information content (AvgIpc) is 2.94. The number of anilines is 1. The van der Waals surface area contributed by atoms with Gasteiger partial charge >= 0.3 is 0 Å². The maximum Gasteiger partial charge on any atom is 0.0337 e. The van der Waals surface area contributed by atoms with Crippen LogP contribution in [0, 0.1) is 0 Å². The lowest BCUT2D eigenvalue weighted by molar-refractivity contribution is 0.411. The highest BCUT2D eigenvalue weighted by Gasteiger charge is 2.21. The van der Waals surface area contributed by atoms with Crippen molar-refractivity contribution in [3.63, 3.8) is 0 Å². The molecule has 0 aromatic heterocycles. The van der Waals surface area contributed by atoms with Gasteiger partial charge in [0.25, 0.3) is 0 Å². The monoisotopic (exact) mass is 266 g/mol. The van der Waals surface area contributed by atoms with Crippen molar-refractivity contribution in [1.82, 2.24) is 4.90 Å². The molecular formula is C18H22N2. The first-order valence-electron chi connectivity index (χ1n) is 7.33. The Labute approximate surface area is 121 Å². The Morgan fingerprint density at radius 1 is 1.05 bits per heavy atom. The molecule has 104 valence electrons. The van der Waals surface area contributed by atoms with Crippen molar-refractivity contribution in [1.29, 1.82) is 0 Å². The van der Waals surface area contributed by atoms with Gasteiger partial charge in [-0.2, -0.15) is 0 Å². The molecule has 1 saturated heterocycles. The first kappa shape index (κ1) is 13.2. The quantitative estimate of drug-likeness (QED) is 0.908. The lowest BCUT2D eigenvalue weighted by Crippen LogP contribution is -2.13. The smallest absolute Gasteiger partial charge is 0.0337 e. The molecule has 1 aliphatic heterocycles. The molecule has 0 saturated carbocycles. The van der Waals surface area contributed by atoms with E-state index in [1.165, 1.54) is 36.2 Å². The van der Waals surface area contributed by atoms with Gasteiger partial charge in [-0.05, 0) is 54.8 Å². The predicted octanol–water partition coefficient (Wildman–Crippen LogP) is 3.81. The van der Waals surface area contributed by atoms with Gasteiger partial charge in [-0.3, -0.25) is 0 Å². The number of likely N-dealkylation sites (N-methyl/N-ethyl adjacent to an activating group) is 1. The second-order valence-corrected chi connectivity index (χ2v) is 5.70. The summed E-state index contributed by atoms with van der Waals surface area (Å²) in [6, 6.07) is 17.7. The van der Waals surface area contributed by atoms with Crippen molar-refractivity contribution in [2.75, 3.05) is 32.5 Å². The van der Waals surface area contributed by atoms with Crippen molar-refractivity contribution in [2.24, 2.45) is 0 Å². The van der Waals surface area contributed by atoms with Crippen molar-refractivity contribution in [2.45, 2.75) is 12.3 Å². The Balaban J connectivity index is 1.86. The van der Waals surface area contributed by atoms with Gasteiger partial charge in [0, 0.05) is 19.3 Å². The third-order valence-electron chi connectivity index (χ3n) is 4.26. The highest BCUT2D eigenvalue weighted by Crippen LogP contribution is 2.30. The van der Waals surface area contributed by atoms with E-state index in [2.05, 4.69) is 65.8 Å². The summed E-state index contributed by atoms with van der Waals surface area (Å²) < 4.78 is 0. The SMILES string of the molecule is CNc1ccc(-c2cccc(C3CCN(C)C3)c2)cc1. The highest BCUT2D eigenvalue weighted by molar-refractivity contribution is 5.66. The van der Waals surface area contributed by atoms with Crippen LogP contribution in [-0.2, 0) is 0 Å². The van der Waals surface area contributed by atoms with Crippen LogP contribution < -0.4 is 5.32 Å². The fraction of sp³-hybridized carbons (Fsp3) is 0.333. The van der Waals surface area contributed by atoms with E-state index in [9.17, 15) is 0 Å². The fourth-order valence-corrected chi connectivity index (χ4v) is 3.01. The van der Waals surface area contributed by atoms with E-state index in [-0.39, 0.29) is 0 Å². The number of nitrogens with one attached hydrogen (secondary N) is 1. The molecule has 2 nitrogen and oxygen atoms in total. The zero-order valence-electron chi connectivity index (χ0n) is 12.3. The summed E-state index contributed by atoms with van der Waals surface area (Å²) in [5, 5.41) is 3.16. The van der Waals surface area contributed by atoms with Crippen LogP contribution >= 0.6 is 0 Å². The normalized spacial score (nSPS) is 19.2. The standard InChI is InChI=1S/C18H22N2/c1-19-18-8-6-14(7-9-18)15-4-3-5-16(12-15)17-10-11-20(2)13-17/h3-9,12,17,19H,10-11,13H2,1-2H3. The van der Waals surface area contributed by atoms with Gasteiger partial charge in [-0.15, -0.1) is 0 Å². The number of likely N-dealkylation sites (tertiary alicyclic amines) is 1. The summed E-state index contributed by atoms with van der Waals surface area (Å²) in [5.41, 5.74) is 5.24. The predicted molar refractivity (Wildman–Crippen MR) is 86.3 cm³/mol. The van der Waals surface area contributed by atoms with Gasteiger partial charge < -0.3 is 10.2 Å². The molecule has 20 heavy (non-hydrogen) atoms. The van der Waals surface area contributed by atoms with Crippen molar-refractivity contribution in [3.05, 3.63) is 54.1 Å². The minimum atomic E-state index is 0.691. The van der Waals surface area contributed by atoms with Crippen molar-refractivity contribution in [3.8, 4) is 11.1 Å². The third kappa shape index (κ3) is 2.70. The minimum absolute atomic E-state index is 0.691. The van der Waals surface area contributed by atoms with Crippen molar-refractivity contribution < 1.29 is 0 Å². The number of rotatable bonds is 3. The highest BCUT2D eigenvalue weighted by atomic mass is 15.1. The lowest BCUT2D eigenvalue weighted by Gasteiger charge is -2.12. The number of hydrogen-bond donors (Lipinski definition) is 1. The second kappa shape index (κ2) is 5.68. The van der Waals surface area contributed by atoms with Gasteiger partial charge in [-0.1, -0.05) is 36.4 Å². The first-order valence-corrected chi connectivity index (χ1v) is 7.33. The number of hydrogen-bond acceptors (Lipinski definition) is 2. The molecule has 1 unspecified atom stereocenters. The van der Waals surface area contributed by atoms with E-state index in [0.29, 0.717) is 5.92 Å². The molecule has 0 amide bonds. The summed E-state index contributed by atoms with van der Waals surface area (Å²) in [5.74, 6) is 0.691. The molecule has 2 heteroatoms. The number of benzene rings is 2. The summed E-state index contributed by atoms with van der Waals surface area (Å²) in [4.78, 5) is 2.42. The Bertz CT molecular complexity index is 574. The van der Waals surface area contributed by atoms with E-state index in [1.807, 2.05) is 7.05 Å². The third-order valence-corrected chi connectivity index (χ3v) is 4.26. The molecule has 1 N–H and O–H groups in total. The molecule has 0 spiro atoms. The maximum atomic E-state index is 3.16. The van der Waals surface area contributed by atoms with E-state index in [1.54, 1.807) is 0 Å². The Morgan fingerprint density at radius 2 is 1.85 bits per heavy atom. The molecule has 0 bridgehead atoms. The van der Waals surface area contributed by atoms with Gasteiger partial charge in [-0.25, -0.2) is 0 Å². The molecule has 0 radical (unpaired) electrons. The number of nitrogens with zero attached hydrogens (tertiary/aromatic N) is 1. The van der Waals surface area contributed by atoms with Crippen LogP contribution in [0.3, 0.4) is 0 Å².